The Kier molecular flexibility index (Phi) is 9.71. The van der Waals surface area contributed by atoms with E-state index in [1.807, 2.05) is 13.8 Å². The predicted octanol–water partition coefficient (Wildman–Crippen LogP) is 6.07. The average Bonchev–Trinajstić information content (AvgIpc) is 3.64. The molecule has 0 radical (unpaired) electrons. The van der Waals surface area contributed by atoms with Gasteiger partial charge in [-0.05, 0) is 80.2 Å². The van der Waals surface area contributed by atoms with Crippen molar-refractivity contribution in [2.24, 2.45) is 17.3 Å². The molecule has 7 atom stereocenters. The molecule has 3 heterocycles. The molecule has 8 rings (SSSR count). The molecule has 1 aromatic heterocycles. The fraction of sp³-hybridized carbons (Fsp3) is 0.514. The maximum absolute atomic E-state index is 14.3. The van der Waals surface area contributed by atoms with E-state index in [1.54, 1.807) is 0 Å². The summed E-state index contributed by atoms with van der Waals surface area (Å²) in [5.74, 6) is -1.35. The molecule has 14 nitrogen and oxygen atoms in total. The minimum Gasteiger partial charge on any atom is -0.404 e. The normalized spacial score (nSPS) is 27.7. The second-order valence-electron chi connectivity index (χ2n) is 16.2. The van der Waals surface area contributed by atoms with Gasteiger partial charge in [-0.3, -0.25) is 24.3 Å². The number of nitro groups is 1. The van der Waals surface area contributed by atoms with Crippen molar-refractivity contribution in [1.29, 1.82) is 0 Å². The van der Waals surface area contributed by atoms with Crippen LogP contribution in [0, 0.1) is 33.2 Å². The molecule has 56 heavy (non-hydrogen) atoms. The number of benzene rings is 2. The van der Waals surface area contributed by atoms with E-state index in [0.717, 1.165) is 47.9 Å². The molecule has 19 heteroatoms. The molecule has 4 fully saturated rings. The molecule has 4 N–H and O–H groups in total. The summed E-state index contributed by atoms with van der Waals surface area (Å²) in [5, 5.41) is 22.4. The zero-order chi connectivity index (χ0) is 40.5. The second-order valence-corrected chi connectivity index (χ2v) is 16.2. The van der Waals surface area contributed by atoms with Gasteiger partial charge < -0.3 is 30.6 Å². The van der Waals surface area contributed by atoms with E-state index in [-0.39, 0.29) is 47.2 Å². The van der Waals surface area contributed by atoms with Crippen LogP contribution in [0.15, 0.2) is 53.5 Å². The van der Waals surface area contributed by atoms with Gasteiger partial charge in [0.1, 0.15) is 29.1 Å². The number of hydrogen-bond donors (Lipinski definition) is 4. The van der Waals surface area contributed by atoms with E-state index >= 15 is 0 Å². The molecule has 298 valence electrons. The minimum absolute atomic E-state index is 0.0297. The fourth-order valence-corrected chi connectivity index (χ4v) is 8.95. The monoisotopic (exact) mass is 783 g/mol. The Balaban J connectivity index is 1.16. The summed E-state index contributed by atoms with van der Waals surface area (Å²) in [5.41, 5.74) is -4.42. The van der Waals surface area contributed by atoms with Crippen molar-refractivity contribution < 1.29 is 41.4 Å². The zero-order valence-electron chi connectivity index (χ0n) is 31.3. The summed E-state index contributed by atoms with van der Waals surface area (Å²) >= 11 is 0. The van der Waals surface area contributed by atoms with Crippen LogP contribution in [0.5, 0.6) is 0 Å². The lowest BCUT2D eigenvalue weighted by molar-refractivity contribution is -0.384. The number of hydrogen-bond acceptors (Lipinski definition) is 9. The number of nitrogens with zero attached hydrogens (tertiary/aromatic N) is 3. The summed E-state index contributed by atoms with van der Waals surface area (Å²) < 4.78 is 68.1. The lowest BCUT2D eigenvalue weighted by atomic mass is 9.45. The Morgan fingerprint density at radius 1 is 1.12 bits per heavy atom. The SMILES string of the molecule is CC[C@H](NC(=O)[C@@H]1C[C@@](C)(NC(=O)Nc2ccc(F)cc2[N+](=O)[O-])c2ncc(NCc3cccc(C(F)(F)F)c3)c(=O)n21)B1O[C@@H]2C3CC(C[C@]2(C)O1)C3(C)C. The molecule has 0 spiro atoms. The van der Waals surface area contributed by atoms with Crippen LogP contribution < -0.4 is 26.8 Å². The number of carbonyl (C=O) groups is 2. The third-order valence-electron chi connectivity index (χ3n) is 12.2. The van der Waals surface area contributed by atoms with Crippen molar-refractivity contribution in [3.63, 3.8) is 0 Å². The molecular weight excluding hydrogens is 741 g/mol. The number of aromatic nitrogens is 2. The Morgan fingerprint density at radius 3 is 2.55 bits per heavy atom. The molecule has 2 aliphatic heterocycles. The van der Waals surface area contributed by atoms with Crippen LogP contribution >= 0.6 is 0 Å². The smallest absolute Gasteiger partial charge is 0.404 e. The standard InChI is InChI=1S/C37H42BF4N7O7/c1-6-28(38-55-29-23-13-21(34(23,2)3)15-36(29,5)56-38)46-30(50)27-16-35(4,47-33(52)45-24-11-10-22(39)14-26(24)49(53)54)32-44-18-25(31(51)48(27)32)43-17-19-8-7-9-20(12-19)37(40,41)42/h7-12,14,18,21,23,27-29,43H,6,13,15-17H2,1-5H3,(H,46,50)(H2,45,47,52)/t21?,23?,27-,28-,29+,35+,36-/m0/s1. The quantitative estimate of drug-likeness (QED) is 0.0823. The van der Waals surface area contributed by atoms with E-state index in [1.165, 1.54) is 19.1 Å². The van der Waals surface area contributed by atoms with Gasteiger partial charge in [-0.1, -0.05) is 32.9 Å². The Bertz CT molecular complexity index is 2150. The van der Waals surface area contributed by atoms with Gasteiger partial charge in [-0.25, -0.2) is 14.2 Å². The summed E-state index contributed by atoms with van der Waals surface area (Å²) in [6.07, 6.45) is -1.50. The van der Waals surface area contributed by atoms with E-state index in [4.69, 9.17) is 9.31 Å². The number of urea groups is 1. The van der Waals surface area contributed by atoms with Crippen LogP contribution in [0.2, 0.25) is 0 Å². The first-order valence-corrected chi connectivity index (χ1v) is 18.4. The number of alkyl halides is 3. The van der Waals surface area contributed by atoms with E-state index < -0.39 is 75.9 Å². The highest BCUT2D eigenvalue weighted by Gasteiger charge is 2.67. The summed E-state index contributed by atoms with van der Waals surface area (Å²) in [4.78, 5) is 57.0. The van der Waals surface area contributed by atoms with Gasteiger partial charge in [0.2, 0.25) is 5.91 Å². The number of rotatable bonds is 10. The van der Waals surface area contributed by atoms with E-state index in [0.29, 0.717) is 24.3 Å². The van der Waals surface area contributed by atoms with Crippen LogP contribution in [0.25, 0.3) is 0 Å². The van der Waals surface area contributed by atoms with Gasteiger partial charge in [0.05, 0.1) is 45.9 Å². The van der Waals surface area contributed by atoms with Crippen molar-refractivity contribution in [3.05, 3.63) is 91.9 Å². The molecule has 2 unspecified atom stereocenters. The second kappa shape index (κ2) is 13.9. The maximum Gasteiger partial charge on any atom is 0.481 e. The molecule has 3 aromatic rings. The summed E-state index contributed by atoms with van der Waals surface area (Å²) in [6, 6.07) is 4.98. The number of anilines is 2. The first kappa shape index (κ1) is 39.2. The minimum atomic E-state index is -4.58. The third kappa shape index (κ3) is 6.88. The fourth-order valence-electron chi connectivity index (χ4n) is 8.95. The number of carbonyl (C=O) groups excluding carboxylic acids is 2. The first-order chi connectivity index (χ1) is 26.2. The lowest BCUT2D eigenvalue weighted by Crippen LogP contribution is -2.63. The highest BCUT2D eigenvalue weighted by molar-refractivity contribution is 6.47. The largest absolute Gasteiger partial charge is 0.481 e. The van der Waals surface area contributed by atoms with Crippen molar-refractivity contribution in [2.75, 3.05) is 10.6 Å². The van der Waals surface area contributed by atoms with Crippen LogP contribution in [0.3, 0.4) is 0 Å². The van der Waals surface area contributed by atoms with E-state index in [9.17, 15) is 42.1 Å². The highest BCUT2D eigenvalue weighted by atomic mass is 19.4. The molecule has 3 saturated carbocycles. The van der Waals surface area contributed by atoms with Gasteiger partial charge in [0.15, 0.2) is 0 Å². The Labute approximate surface area is 319 Å². The molecule has 1 saturated heterocycles. The molecule has 5 aliphatic rings. The highest BCUT2D eigenvalue weighted by Crippen LogP contribution is 2.64. The first-order valence-electron chi connectivity index (χ1n) is 18.4. The van der Waals surface area contributed by atoms with Crippen molar-refractivity contribution in [2.45, 2.75) is 102 Å². The number of amides is 3. The van der Waals surface area contributed by atoms with E-state index in [2.05, 4.69) is 40.1 Å². The zero-order valence-corrected chi connectivity index (χ0v) is 31.3. The van der Waals surface area contributed by atoms with Crippen LogP contribution in [0.4, 0.5) is 39.4 Å². The van der Waals surface area contributed by atoms with Gasteiger partial charge in [0.25, 0.3) is 11.2 Å². The number of nitrogens with one attached hydrogen (secondary N) is 4. The molecular formula is C37H42BF4N7O7. The van der Waals surface area contributed by atoms with Gasteiger partial charge in [0, 0.05) is 13.0 Å². The molecule has 3 aliphatic carbocycles. The average molecular weight is 784 g/mol. The van der Waals surface area contributed by atoms with Crippen LogP contribution in [0.1, 0.15) is 83.3 Å². The van der Waals surface area contributed by atoms with Crippen molar-refractivity contribution in [3.8, 4) is 0 Å². The van der Waals surface area contributed by atoms with Crippen LogP contribution in [-0.4, -0.2) is 51.2 Å². The predicted molar refractivity (Wildman–Crippen MR) is 196 cm³/mol. The Hall–Kier alpha value is -5.04. The van der Waals surface area contributed by atoms with Crippen molar-refractivity contribution >= 4 is 36.1 Å². The lowest BCUT2D eigenvalue weighted by Gasteiger charge is -2.63. The number of fused-ring (bicyclic) bond motifs is 1. The molecule has 2 aromatic carbocycles. The topological polar surface area (TPSA) is 179 Å². The molecule has 2 bridgehead atoms. The summed E-state index contributed by atoms with van der Waals surface area (Å²) in [7, 11) is -0.771. The number of halogens is 4. The van der Waals surface area contributed by atoms with Gasteiger partial charge >= 0.3 is 19.3 Å². The number of nitro benzene ring substituents is 1. The van der Waals surface area contributed by atoms with Gasteiger partial charge in [-0.2, -0.15) is 13.2 Å². The summed E-state index contributed by atoms with van der Waals surface area (Å²) in [6.45, 7) is 9.71. The molecule has 3 amide bonds. The third-order valence-corrected chi connectivity index (χ3v) is 12.2. The maximum atomic E-state index is 14.3. The van der Waals surface area contributed by atoms with Crippen molar-refractivity contribution in [1.82, 2.24) is 20.2 Å². The van der Waals surface area contributed by atoms with Gasteiger partial charge in [-0.15, -0.1) is 0 Å². The Morgan fingerprint density at radius 2 is 1.88 bits per heavy atom. The van der Waals surface area contributed by atoms with Crippen LogP contribution in [-0.2, 0) is 32.4 Å².